The van der Waals surface area contributed by atoms with Crippen molar-refractivity contribution in [1.29, 1.82) is 0 Å². The first kappa shape index (κ1) is 23.0. The number of hydrogen-bond acceptors (Lipinski definition) is 6. The van der Waals surface area contributed by atoms with E-state index in [-0.39, 0.29) is 11.3 Å². The number of aromatic nitrogens is 4. The van der Waals surface area contributed by atoms with Gasteiger partial charge in [-0.1, -0.05) is 0 Å². The summed E-state index contributed by atoms with van der Waals surface area (Å²) in [6, 6.07) is 7.49. The molecular weight excluding hydrogens is 440 g/mol. The summed E-state index contributed by atoms with van der Waals surface area (Å²) in [6.45, 7) is 0.296. The fourth-order valence-electron chi connectivity index (χ4n) is 2.58. The first-order chi connectivity index (χ1) is 15.0. The largest absolute Gasteiger partial charge is 0.433 e. The minimum Gasteiger partial charge on any atom is -0.326 e. The van der Waals surface area contributed by atoms with Crippen molar-refractivity contribution >= 4 is 28.4 Å². The molecule has 12 heteroatoms. The van der Waals surface area contributed by atoms with E-state index in [0.29, 0.717) is 29.2 Å². The lowest BCUT2D eigenvalue weighted by Crippen LogP contribution is -2.08. The Labute approximate surface area is 176 Å². The van der Waals surface area contributed by atoms with Crippen molar-refractivity contribution in [3.05, 3.63) is 71.3 Å². The Morgan fingerprint density at radius 3 is 1.75 bits per heavy atom. The Bertz CT molecular complexity index is 1270. The van der Waals surface area contributed by atoms with Gasteiger partial charge >= 0.3 is 12.4 Å². The Kier molecular flexibility index (Phi) is 6.35. The molecule has 2 N–H and O–H groups in total. The van der Waals surface area contributed by atoms with Gasteiger partial charge in [-0.2, -0.15) is 26.3 Å². The topological polar surface area (TPSA) is 94.7 Å². The highest BCUT2D eigenvalue weighted by molar-refractivity contribution is 5.83. The minimum atomic E-state index is -4.49. The second-order valence-electron chi connectivity index (χ2n) is 6.42. The minimum absolute atomic E-state index is 0.0274. The molecule has 0 aliphatic rings. The maximum Gasteiger partial charge on any atom is 0.433 e. The van der Waals surface area contributed by atoms with Gasteiger partial charge in [0, 0.05) is 35.3 Å². The van der Waals surface area contributed by atoms with E-state index in [1.807, 2.05) is 0 Å². The van der Waals surface area contributed by atoms with Gasteiger partial charge in [0.05, 0.1) is 0 Å². The van der Waals surface area contributed by atoms with Crippen LogP contribution < -0.4 is 5.73 Å². The summed E-state index contributed by atoms with van der Waals surface area (Å²) in [4.78, 5) is 24.8. The van der Waals surface area contributed by atoms with E-state index in [2.05, 4.69) is 19.9 Å². The second-order valence-corrected chi connectivity index (χ2v) is 6.42. The van der Waals surface area contributed by atoms with Crippen molar-refractivity contribution in [3.63, 3.8) is 0 Å². The van der Waals surface area contributed by atoms with Gasteiger partial charge in [-0.15, -0.1) is 0 Å². The third-order valence-electron chi connectivity index (χ3n) is 4.11. The predicted molar refractivity (Wildman–Crippen MR) is 102 cm³/mol. The van der Waals surface area contributed by atoms with Crippen molar-refractivity contribution in [3.8, 4) is 0 Å². The van der Waals surface area contributed by atoms with E-state index in [9.17, 15) is 31.1 Å². The predicted octanol–water partition coefficient (Wildman–Crippen LogP) is 4.57. The van der Waals surface area contributed by atoms with Gasteiger partial charge in [0.2, 0.25) is 0 Å². The molecule has 0 radical (unpaired) electrons. The SMILES string of the molecule is NCc1cnc2nc(C(F)(F)F)ccc2c1.O=Cc1cnc2nc(C(F)(F)F)ccc2c1. The number of nitrogens with two attached hydrogens (primary N) is 1. The van der Waals surface area contributed by atoms with Crippen molar-refractivity contribution < 1.29 is 31.1 Å². The molecule has 0 bridgehead atoms. The standard InChI is InChI=1S/C10H8F3N3.C10H5F3N2O/c11-10(12,13)8-2-1-7-3-6(4-14)5-15-9(7)16-8;11-10(12,13)8-2-1-7-3-6(5-16)4-14-9(7)15-8/h1-3,5H,4,14H2;1-5H. The number of aldehydes is 1. The fraction of sp³-hybridized carbons (Fsp3) is 0.150. The van der Waals surface area contributed by atoms with Crippen LogP contribution in [0.1, 0.15) is 27.3 Å². The summed E-state index contributed by atoms with van der Waals surface area (Å²) in [5, 5.41) is 0.952. The average Bonchev–Trinajstić information content (AvgIpc) is 2.76. The molecule has 4 rings (SSSR count). The number of fused-ring (bicyclic) bond motifs is 2. The summed E-state index contributed by atoms with van der Waals surface area (Å²) in [6.07, 6.45) is -5.75. The van der Waals surface area contributed by atoms with Crippen LogP contribution in [0.15, 0.2) is 48.8 Å². The van der Waals surface area contributed by atoms with Crippen molar-refractivity contribution in [1.82, 2.24) is 19.9 Å². The summed E-state index contributed by atoms with van der Waals surface area (Å²) in [5.41, 5.74) is 4.58. The van der Waals surface area contributed by atoms with Crippen LogP contribution in [-0.2, 0) is 18.9 Å². The fourth-order valence-corrected chi connectivity index (χ4v) is 2.58. The molecule has 6 nitrogen and oxygen atoms in total. The van der Waals surface area contributed by atoms with Gasteiger partial charge in [-0.3, -0.25) is 4.79 Å². The number of carbonyl (C=O) groups excluding carboxylic acids is 1. The van der Waals surface area contributed by atoms with E-state index in [1.165, 1.54) is 30.6 Å². The van der Waals surface area contributed by atoms with E-state index in [1.54, 1.807) is 6.07 Å². The molecule has 4 aromatic rings. The number of hydrogen-bond donors (Lipinski definition) is 1. The summed E-state index contributed by atoms with van der Waals surface area (Å²) in [7, 11) is 0. The van der Waals surface area contributed by atoms with Crippen LogP contribution in [0.5, 0.6) is 0 Å². The average molecular weight is 453 g/mol. The molecule has 0 fully saturated rings. The maximum absolute atomic E-state index is 12.4. The van der Waals surface area contributed by atoms with Crippen molar-refractivity contribution in [2.75, 3.05) is 0 Å². The number of halogens is 6. The molecule has 0 atom stereocenters. The Balaban J connectivity index is 0.000000181. The highest BCUT2D eigenvalue weighted by Gasteiger charge is 2.33. The smallest absolute Gasteiger partial charge is 0.326 e. The van der Waals surface area contributed by atoms with Crippen LogP contribution >= 0.6 is 0 Å². The molecule has 0 unspecified atom stereocenters. The van der Waals surface area contributed by atoms with E-state index < -0.39 is 23.7 Å². The molecule has 0 amide bonds. The zero-order valence-electron chi connectivity index (χ0n) is 15.9. The molecule has 4 aromatic heterocycles. The third kappa shape index (κ3) is 5.32. The number of rotatable bonds is 2. The molecule has 0 aromatic carbocycles. The third-order valence-corrected chi connectivity index (χ3v) is 4.11. The van der Waals surface area contributed by atoms with E-state index in [4.69, 9.17) is 5.73 Å². The normalized spacial score (nSPS) is 11.8. The molecule has 0 saturated heterocycles. The van der Waals surface area contributed by atoms with Gasteiger partial charge in [0.15, 0.2) is 17.6 Å². The molecule has 32 heavy (non-hydrogen) atoms. The monoisotopic (exact) mass is 453 g/mol. The van der Waals surface area contributed by atoms with Gasteiger partial charge in [0.1, 0.15) is 11.4 Å². The molecular formula is C20H13F6N5O. The summed E-state index contributed by atoms with van der Waals surface area (Å²) >= 11 is 0. The maximum atomic E-state index is 12.4. The molecule has 166 valence electrons. The zero-order chi connectivity index (χ0) is 23.5. The number of alkyl halides is 6. The summed E-state index contributed by atoms with van der Waals surface area (Å²) < 4.78 is 74.0. The van der Waals surface area contributed by atoms with Gasteiger partial charge in [0.25, 0.3) is 0 Å². The lowest BCUT2D eigenvalue weighted by Gasteiger charge is -2.06. The molecule has 0 saturated carbocycles. The van der Waals surface area contributed by atoms with Crippen molar-refractivity contribution in [2.24, 2.45) is 5.73 Å². The molecule has 0 aliphatic heterocycles. The first-order valence-corrected chi connectivity index (χ1v) is 8.83. The van der Waals surface area contributed by atoms with E-state index >= 15 is 0 Å². The van der Waals surface area contributed by atoms with Crippen LogP contribution in [0.4, 0.5) is 26.3 Å². The quantitative estimate of drug-likeness (QED) is 0.353. The molecule has 4 heterocycles. The number of pyridine rings is 4. The number of carbonyl (C=O) groups is 1. The van der Waals surface area contributed by atoms with Gasteiger partial charge < -0.3 is 5.73 Å². The van der Waals surface area contributed by atoms with Crippen LogP contribution in [0.2, 0.25) is 0 Å². The van der Waals surface area contributed by atoms with Gasteiger partial charge in [-0.25, -0.2) is 19.9 Å². The lowest BCUT2D eigenvalue weighted by molar-refractivity contribution is -0.141. The Morgan fingerprint density at radius 2 is 1.28 bits per heavy atom. The van der Waals surface area contributed by atoms with Crippen LogP contribution in [0, 0.1) is 0 Å². The Hall–Kier alpha value is -3.67. The highest BCUT2D eigenvalue weighted by atomic mass is 19.4. The van der Waals surface area contributed by atoms with Gasteiger partial charge in [-0.05, 0) is 42.0 Å². The molecule has 0 spiro atoms. The zero-order valence-corrected chi connectivity index (χ0v) is 15.9. The lowest BCUT2D eigenvalue weighted by atomic mass is 10.2. The van der Waals surface area contributed by atoms with Crippen LogP contribution in [0.25, 0.3) is 22.1 Å². The van der Waals surface area contributed by atoms with Crippen molar-refractivity contribution in [2.45, 2.75) is 18.9 Å². The Morgan fingerprint density at radius 1 is 0.781 bits per heavy atom. The van der Waals surface area contributed by atoms with Crippen LogP contribution in [-0.4, -0.2) is 26.2 Å². The highest BCUT2D eigenvalue weighted by Crippen LogP contribution is 2.29. The summed E-state index contributed by atoms with van der Waals surface area (Å²) in [5.74, 6) is 0. The van der Waals surface area contributed by atoms with E-state index in [0.717, 1.165) is 17.7 Å². The number of nitrogens with zero attached hydrogens (tertiary/aromatic N) is 4. The van der Waals surface area contributed by atoms with Crippen LogP contribution in [0.3, 0.4) is 0 Å². The second kappa shape index (κ2) is 8.83. The first-order valence-electron chi connectivity index (χ1n) is 8.83. The molecule has 0 aliphatic carbocycles.